The number of nitrogens with zero attached hydrogens (tertiary/aromatic N) is 1. The van der Waals surface area contributed by atoms with Gasteiger partial charge in [-0.3, -0.25) is 9.59 Å². The SMILES string of the molecule is Cc1ccc(C(N)=O)cc1NC(=O)N1CCC(=O)NC[C@H]1C. The number of carbonyl (C=O) groups excluding carboxylic acids is 3. The molecule has 1 fully saturated rings. The minimum absolute atomic E-state index is 0.0611. The monoisotopic (exact) mass is 304 g/mol. The Morgan fingerprint density at radius 1 is 1.41 bits per heavy atom. The Morgan fingerprint density at radius 3 is 2.82 bits per heavy atom. The molecule has 0 bridgehead atoms. The number of aryl methyl sites for hydroxylation is 1. The summed E-state index contributed by atoms with van der Waals surface area (Å²) in [5.74, 6) is -0.609. The number of hydrogen-bond donors (Lipinski definition) is 3. The zero-order valence-corrected chi connectivity index (χ0v) is 12.7. The summed E-state index contributed by atoms with van der Waals surface area (Å²) in [6.45, 7) is 4.48. The molecule has 4 amide bonds. The highest BCUT2D eigenvalue weighted by Crippen LogP contribution is 2.18. The number of amides is 4. The molecule has 1 aromatic rings. The number of rotatable bonds is 2. The van der Waals surface area contributed by atoms with Gasteiger partial charge in [0.1, 0.15) is 0 Å². The lowest BCUT2D eigenvalue weighted by Gasteiger charge is -2.27. The second-order valence-electron chi connectivity index (χ2n) is 5.42. The lowest BCUT2D eigenvalue weighted by molar-refractivity contribution is -0.120. The molecule has 1 aliphatic heterocycles. The van der Waals surface area contributed by atoms with Crippen molar-refractivity contribution in [2.24, 2.45) is 5.73 Å². The average molecular weight is 304 g/mol. The van der Waals surface area contributed by atoms with E-state index < -0.39 is 5.91 Å². The Balaban J connectivity index is 2.15. The van der Waals surface area contributed by atoms with Crippen molar-refractivity contribution in [2.75, 3.05) is 18.4 Å². The molecule has 1 aromatic carbocycles. The molecule has 0 spiro atoms. The second kappa shape index (κ2) is 6.46. The van der Waals surface area contributed by atoms with Crippen LogP contribution in [0.5, 0.6) is 0 Å². The number of primary amides is 1. The van der Waals surface area contributed by atoms with Gasteiger partial charge in [0, 0.05) is 36.8 Å². The lowest BCUT2D eigenvalue weighted by atomic mass is 10.1. The molecule has 4 N–H and O–H groups in total. The fourth-order valence-corrected chi connectivity index (χ4v) is 2.30. The fraction of sp³-hybridized carbons (Fsp3) is 0.400. The molecule has 0 aromatic heterocycles. The molecule has 22 heavy (non-hydrogen) atoms. The molecule has 0 unspecified atom stereocenters. The molecule has 1 aliphatic rings. The van der Waals surface area contributed by atoms with Crippen molar-refractivity contribution in [2.45, 2.75) is 26.3 Å². The van der Waals surface area contributed by atoms with Gasteiger partial charge in [0.2, 0.25) is 11.8 Å². The maximum absolute atomic E-state index is 12.4. The number of nitrogens with one attached hydrogen (secondary N) is 2. The smallest absolute Gasteiger partial charge is 0.322 e. The molecule has 0 radical (unpaired) electrons. The molecular weight excluding hydrogens is 284 g/mol. The van der Waals surface area contributed by atoms with Crippen LogP contribution in [0.3, 0.4) is 0 Å². The summed E-state index contributed by atoms with van der Waals surface area (Å²) < 4.78 is 0. The summed E-state index contributed by atoms with van der Waals surface area (Å²) in [6, 6.07) is 4.50. The maximum Gasteiger partial charge on any atom is 0.322 e. The minimum atomic E-state index is -0.548. The average Bonchev–Trinajstić information content (AvgIpc) is 2.63. The van der Waals surface area contributed by atoms with Crippen LogP contribution in [0.1, 0.15) is 29.3 Å². The van der Waals surface area contributed by atoms with Crippen LogP contribution < -0.4 is 16.4 Å². The first-order valence-corrected chi connectivity index (χ1v) is 7.13. The summed E-state index contributed by atoms with van der Waals surface area (Å²) in [6.07, 6.45) is 0.276. The van der Waals surface area contributed by atoms with Gasteiger partial charge in [0.25, 0.3) is 0 Å². The summed E-state index contributed by atoms with van der Waals surface area (Å²) in [7, 11) is 0. The van der Waals surface area contributed by atoms with Gasteiger partial charge in [-0.1, -0.05) is 6.07 Å². The largest absolute Gasteiger partial charge is 0.366 e. The molecular formula is C15H20N4O3. The number of hydrogen-bond acceptors (Lipinski definition) is 3. The van der Waals surface area contributed by atoms with E-state index in [2.05, 4.69) is 10.6 Å². The zero-order valence-electron chi connectivity index (χ0n) is 12.7. The van der Waals surface area contributed by atoms with Gasteiger partial charge in [-0.15, -0.1) is 0 Å². The molecule has 1 heterocycles. The Labute approximate surface area is 128 Å². The van der Waals surface area contributed by atoms with Crippen molar-refractivity contribution in [1.29, 1.82) is 0 Å². The first kappa shape index (κ1) is 15.8. The Morgan fingerprint density at radius 2 is 2.14 bits per heavy atom. The Bertz CT molecular complexity index is 615. The third kappa shape index (κ3) is 3.55. The molecule has 1 saturated heterocycles. The molecule has 0 aliphatic carbocycles. The van der Waals surface area contributed by atoms with Gasteiger partial charge in [-0.2, -0.15) is 0 Å². The van der Waals surface area contributed by atoms with Gasteiger partial charge in [-0.25, -0.2) is 4.79 Å². The van der Waals surface area contributed by atoms with Gasteiger partial charge in [-0.05, 0) is 31.5 Å². The lowest BCUT2D eigenvalue weighted by Crippen LogP contribution is -2.44. The number of carbonyl (C=O) groups is 3. The van der Waals surface area contributed by atoms with Crippen molar-refractivity contribution in [3.63, 3.8) is 0 Å². The van der Waals surface area contributed by atoms with Crippen LogP contribution in [0, 0.1) is 6.92 Å². The molecule has 0 saturated carbocycles. The van der Waals surface area contributed by atoms with Crippen LogP contribution in [-0.4, -0.2) is 41.9 Å². The van der Waals surface area contributed by atoms with E-state index in [1.807, 2.05) is 13.8 Å². The number of benzene rings is 1. The highest BCUT2D eigenvalue weighted by Gasteiger charge is 2.24. The highest BCUT2D eigenvalue weighted by molar-refractivity contribution is 5.96. The summed E-state index contributed by atoms with van der Waals surface area (Å²) in [4.78, 5) is 36.7. The summed E-state index contributed by atoms with van der Waals surface area (Å²) in [5, 5.41) is 5.54. The molecule has 2 rings (SSSR count). The Kier molecular flexibility index (Phi) is 4.65. The quantitative estimate of drug-likeness (QED) is 0.754. The normalized spacial score (nSPS) is 18.4. The van der Waals surface area contributed by atoms with E-state index in [4.69, 9.17) is 5.73 Å². The van der Waals surface area contributed by atoms with Gasteiger partial charge in [0.15, 0.2) is 0 Å². The molecule has 1 atom stereocenters. The first-order valence-electron chi connectivity index (χ1n) is 7.13. The van der Waals surface area contributed by atoms with Gasteiger partial charge in [0.05, 0.1) is 0 Å². The van der Waals surface area contributed by atoms with Crippen molar-refractivity contribution in [3.05, 3.63) is 29.3 Å². The number of anilines is 1. The van der Waals surface area contributed by atoms with E-state index in [9.17, 15) is 14.4 Å². The van der Waals surface area contributed by atoms with Crippen molar-refractivity contribution >= 4 is 23.5 Å². The highest BCUT2D eigenvalue weighted by atomic mass is 16.2. The zero-order chi connectivity index (χ0) is 16.3. The number of nitrogens with two attached hydrogens (primary N) is 1. The topological polar surface area (TPSA) is 105 Å². The van der Waals surface area contributed by atoms with E-state index in [-0.39, 0.29) is 24.4 Å². The minimum Gasteiger partial charge on any atom is -0.366 e. The number of urea groups is 1. The van der Waals surface area contributed by atoms with Crippen LogP contribution in [0.15, 0.2) is 18.2 Å². The van der Waals surface area contributed by atoms with Crippen LogP contribution >= 0.6 is 0 Å². The van der Waals surface area contributed by atoms with E-state index in [1.165, 1.54) is 0 Å². The summed E-state index contributed by atoms with van der Waals surface area (Å²) >= 11 is 0. The van der Waals surface area contributed by atoms with Crippen molar-refractivity contribution in [3.8, 4) is 0 Å². The summed E-state index contributed by atoms with van der Waals surface area (Å²) in [5.41, 5.74) is 6.96. The second-order valence-corrected chi connectivity index (χ2v) is 5.42. The Hall–Kier alpha value is -2.57. The molecule has 118 valence electrons. The van der Waals surface area contributed by atoms with E-state index >= 15 is 0 Å². The maximum atomic E-state index is 12.4. The van der Waals surface area contributed by atoms with Crippen LogP contribution in [0.2, 0.25) is 0 Å². The van der Waals surface area contributed by atoms with E-state index in [0.29, 0.717) is 24.3 Å². The molecule has 7 heteroatoms. The van der Waals surface area contributed by atoms with Crippen LogP contribution in [-0.2, 0) is 4.79 Å². The molecule has 7 nitrogen and oxygen atoms in total. The van der Waals surface area contributed by atoms with Crippen molar-refractivity contribution < 1.29 is 14.4 Å². The van der Waals surface area contributed by atoms with Gasteiger partial charge >= 0.3 is 6.03 Å². The fourth-order valence-electron chi connectivity index (χ4n) is 2.30. The van der Waals surface area contributed by atoms with Crippen molar-refractivity contribution in [1.82, 2.24) is 10.2 Å². The van der Waals surface area contributed by atoms with Gasteiger partial charge < -0.3 is 21.3 Å². The van der Waals surface area contributed by atoms with Crippen LogP contribution in [0.25, 0.3) is 0 Å². The predicted octanol–water partition coefficient (Wildman–Crippen LogP) is 0.836. The van der Waals surface area contributed by atoms with E-state index in [0.717, 1.165) is 5.56 Å². The standard InChI is InChI=1S/C15H20N4O3/c1-9-3-4-11(14(16)21)7-12(9)18-15(22)19-6-5-13(20)17-8-10(19)2/h3-4,7,10H,5-6,8H2,1-2H3,(H2,16,21)(H,17,20)(H,18,22)/t10-/m1/s1. The third-order valence-corrected chi connectivity index (χ3v) is 3.73. The van der Waals surface area contributed by atoms with E-state index in [1.54, 1.807) is 23.1 Å². The van der Waals surface area contributed by atoms with Crippen LogP contribution in [0.4, 0.5) is 10.5 Å². The first-order chi connectivity index (χ1) is 10.4. The predicted molar refractivity (Wildman–Crippen MR) is 82.5 cm³/mol. The third-order valence-electron chi connectivity index (χ3n) is 3.73.